The summed E-state index contributed by atoms with van der Waals surface area (Å²) in [4.78, 5) is 14.1. The van der Waals surface area contributed by atoms with Gasteiger partial charge < -0.3 is 10.6 Å². The van der Waals surface area contributed by atoms with Crippen molar-refractivity contribution >= 4 is 11.7 Å². The molecule has 2 N–H and O–H groups in total. The number of carbonyl (C=O) groups excluding carboxylic acids is 1. The summed E-state index contributed by atoms with van der Waals surface area (Å²) in [5.41, 5.74) is 1.33. The highest BCUT2D eigenvalue weighted by Crippen LogP contribution is 2.15. The maximum atomic E-state index is 13.1. The summed E-state index contributed by atoms with van der Waals surface area (Å²) in [5.74, 6) is -0.359. The van der Waals surface area contributed by atoms with Gasteiger partial charge in [-0.2, -0.15) is 0 Å². The maximum Gasteiger partial charge on any atom is 0.319 e. The number of likely N-dealkylation sites (N-methyl/N-ethyl adjacent to an activating group) is 1. The number of amides is 2. The summed E-state index contributed by atoms with van der Waals surface area (Å²) in [7, 11) is 0. The average molecular weight is 281 g/mol. The molecule has 4 nitrogen and oxygen atoms in total. The molecule has 0 saturated carbocycles. The van der Waals surface area contributed by atoms with Crippen molar-refractivity contribution in [2.45, 2.75) is 33.7 Å². The van der Waals surface area contributed by atoms with Gasteiger partial charge in [-0.1, -0.05) is 19.9 Å². The van der Waals surface area contributed by atoms with Gasteiger partial charge in [0.05, 0.1) is 0 Å². The molecule has 2 amide bonds. The van der Waals surface area contributed by atoms with Crippen LogP contribution >= 0.6 is 0 Å². The number of nitrogens with zero attached hydrogens (tertiary/aromatic N) is 1. The number of benzene rings is 1. The van der Waals surface area contributed by atoms with Crippen molar-refractivity contribution in [2.24, 2.45) is 0 Å². The number of hydrogen-bond acceptors (Lipinski definition) is 2. The van der Waals surface area contributed by atoms with Gasteiger partial charge in [0.25, 0.3) is 0 Å². The van der Waals surface area contributed by atoms with Crippen LogP contribution in [0.25, 0.3) is 0 Å². The molecule has 1 rings (SSSR count). The van der Waals surface area contributed by atoms with Crippen LogP contribution in [-0.2, 0) is 0 Å². The van der Waals surface area contributed by atoms with Crippen LogP contribution < -0.4 is 10.6 Å². The standard InChI is InChI=1S/C15H24FN3O/c1-5-19(6-2)12(4)10-17-15(20)18-14-9-13(16)8-7-11(14)3/h7-9,12H,5-6,10H2,1-4H3,(H2,17,18,20). The third-order valence-corrected chi connectivity index (χ3v) is 3.44. The molecule has 1 unspecified atom stereocenters. The number of halogens is 1. The van der Waals surface area contributed by atoms with Crippen molar-refractivity contribution in [3.8, 4) is 0 Å². The first-order valence-corrected chi connectivity index (χ1v) is 7.03. The number of aryl methyl sites for hydroxylation is 1. The second-order valence-electron chi connectivity index (χ2n) is 4.86. The van der Waals surface area contributed by atoms with Gasteiger partial charge in [0, 0.05) is 18.3 Å². The smallest absolute Gasteiger partial charge is 0.319 e. The first-order chi connectivity index (χ1) is 9.47. The Balaban J connectivity index is 2.50. The second kappa shape index (κ2) is 7.85. The zero-order valence-corrected chi connectivity index (χ0v) is 12.7. The fourth-order valence-electron chi connectivity index (χ4n) is 2.11. The summed E-state index contributed by atoms with van der Waals surface area (Å²) in [6.07, 6.45) is 0. The molecule has 0 heterocycles. The van der Waals surface area contributed by atoms with Gasteiger partial charge in [-0.3, -0.25) is 4.90 Å². The molecule has 0 radical (unpaired) electrons. The molecule has 0 aliphatic carbocycles. The lowest BCUT2D eigenvalue weighted by atomic mass is 10.2. The predicted molar refractivity (Wildman–Crippen MR) is 80.5 cm³/mol. The SMILES string of the molecule is CCN(CC)C(C)CNC(=O)Nc1cc(F)ccc1C. The second-order valence-corrected chi connectivity index (χ2v) is 4.86. The van der Waals surface area contributed by atoms with E-state index in [1.165, 1.54) is 12.1 Å². The normalized spacial score (nSPS) is 12.3. The summed E-state index contributed by atoms with van der Waals surface area (Å²) >= 11 is 0. The van der Waals surface area contributed by atoms with Crippen molar-refractivity contribution < 1.29 is 9.18 Å². The lowest BCUT2D eigenvalue weighted by Gasteiger charge is -2.26. The molecule has 0 saturated heterocycles. The van der Waals surface area contributed by atoms with Crippen LogP contribution in [0.1, 0.15) is 26.3 Å². The van der Waals surface area contributed by atoms with Crippen LogP contribution in [0.15, 0.2) is 18.2 Å². The zero-order chi connectivity index (χ0) is 15.1. The molecule has 5 heteroatoms. The third-order valence-electron chi connectivity index (χ3n) is 3.44. The summed E-state index contributed by atoms with van der Waals surface area (Å²) in [6.45, 7) is 10.5. The molecule has 0 aromatic heterocycles. The quantitative estimate of drug-likeness (QED) is 0.842. The van der Waals surface area contributed by atoms with E-state index in [1.54, 1.807) is 6.07 Å². The van der Waals surface area contributed by atoms with Gasteiger partial charge in [-0.15, -0.1) is 0 Å². The van der Waals surface area contributed by atoms with Crippen molar-refractivity contribution in [2.75, 3.05) is 25.0 Å². The Hall–Kier alpha value is -1.62. The molecule has 112 valence electrons. The Labute approximate surface area is 120 Å². The topological polar surface area (TPSA) is 44.4 Å². The zero-order valence-electron chi connectivity index (χ0n) is 12.7. The number of rotatable bonds is 6. The van der Waals surface area contributed by atoms with E-state index >= 15 is 0 Å². The van der Waals surface area contributed by atoms with Crippen LogP contribution in [0, 0.1) is 12.7 Å². The fourth-order valence-corrected chi connectivity index (χ4v) is 2.11. The number of carbonyl (C=O) groups is 1. The summed E-state index contributed by atoms with van der Waals surface area (Å²) in [5, 5.41) is 5.49. The van der Waals surface area contributed by atoms with Crippen LogP contribution in [-0.4, -0.2) is 36.6 Å². The molecule has 1 aromatic carbocycles. The van der Waals surface area contributed by atoms with E-state index in [0.29, 0.717) is 12.2 Å². The van der Waals surface area contributed by atoms with Gasteiger partial charge in [0.1, 0.15) is 5.82 Å². The molecular weight excluding hydrogens is 257 g/mol. The van der Waals surface area contributed by atoms with Crippen molar-refractivity contribution in [3.05, 3.63) is 29.6 Å². The summed E-state index contributed by atoms with van der Waals surface area (Å²) in [6, 6.07) is 4.30. The van der Waals surface area contributed by atoms with Crippen LogP contribution in [0.2, 0.25) is 0 Å². The Morgan fingerprint density at radius 3 is 2.60 bits per heavy atom. The summed E-state index contributed by atoms with van der Waals surface area (Å²) < 4.78 is 13.1. The molecule has 0 bridgehead atoms. The van der Waals surface area contributed by atoms with E-state index in [0.717, 1.165) is 18.7 Å². The molecule has 0 aliphatic heterocycles. The van der Waals surface area contributed by atoms with Crippen molar-refractivity contribution in [3.63, 3.8) is 0 Å². The first kappa shape index (κ1) is 16.4. The fraction of sp³-hybridized carbons (Fsp3) is 0.533. The Morgan fingerprint density at radius 2 is 2.00 bits per heavy atom. The largest absolute Gasteiger partial charge is 0.336 e. The van der Waals surface area contributed by atoms with E-state index < -0.39 is 0 Å². The lowest BCUT2D eigenvalue weighted by Crippen LogP contribution is -2.43. The number of nitrogens with one attached hydrogen (secondary N) is 2. The van der Waals surface area contributed by atoms with Crippen LogP contribution in [0.4, 0.5) is 14.9 Å². The van der Waals surface area contributed by atoms with Gasteiger partial charge in [-0.05, 0) is 44.6 Å². The van der Waals surface area contributed by atoms with E-state index in [2.05, 4.69) is 36.3 Å². The Morgan fingerprint density at radius 1 is 1.35 bits per heavy atom. The predicted octanol–water partition coefficient (Wildman–Crippen LogP) is 2.99. The van der Waals surface area contributed by atoms with Gasteiger partial charge in [-0.25, -0.2) is 9.18 Å². The number of hydrogen-bond donors (Lipinski definition) is 2. The lowest BCUT2D eigenvalue weighted by molar-refractivity contribution is 0.220. The van der Waals surface area contributed by atoms with E-state index in [-0.39, 0.29) is 17.9 Å². The van der Waals surface area contributed by atoms with E-state index in [4.69, 9.17) is 0 Å². The molecule has 20 heavy (non-hydrogen) atoms. The molecule has 1 aromatic rings. The highest BCUT2D eigenvalue weighted by Gasteiger charge is 2.11. The monoisotopic (exact) mass is 281 g/mol. The highest BCUT2D eigenvalue weighted by molar-refractivity contribution is 5.90. The van der Waals surface area contributed by atoms with Gasteiger partial charge in [0.2, 0.25) is 0 Å². The highest BCUT2D eigenvalue weighted by atomic mass is 19.1. The minimum atomic E-state index is -0.359. The van der Waals surface area contributed by atoms with Crippen molar-refractivity contribution in [1.29, 1.82) is 0 Å². The number of urea groups is 1. The minimum absolute atomic E-state index is 0.268. The van der Waals surface area contributed by atoms with E-state index in [9.17, 15) is 9.18 Å². The molecule has 1 atom stereocenters. The van der Waals surface area contributed by atoms with Gasteiger partial charge >= 0.3 is 6.03 Å². The molecular formula is C15H24FN3O. The minimum Gasteiger partial charge on any atom is -0.336 e. The van der Waals surface area contributed by atoms with E-state index in [1.807, 2.05) is 6.92 Å². The molecule has 0 spiro atoms. The Bertz CT molecular complexity index is 447. The van der Waals surface area contributed by atoms with Crippen LogP contribution in [0.3, 0.4) is 0 Å². The first-order valence-electron chi connectivity index (χ1n) is 7.03. The maximum absolute atomic E-state index is 13.1. The average Bonchev–Trinajstić information content (AvgIpc) is 2.42. The van der Waals surface area contributed by atoms with Crippen LogP contribution in [0.5, 0.6) is 0 Å². The molecule has 0 aliphatic rings. The van der Waals surface area contributed by atoms with Gasteiger partial charge in [0.15, 0.2) is 0 Å². The molecule has 0 fully saturated rings. The van der Waals surface area contributed by atoms with Crippen molar-refractivity contribution in [1.82, 2.24) is 10.2 Å². The number of anilines is 1. The third kappa shape index (κ3) is 4.81. The Kier molecular flexibility index (Phi) is 6.45.